The number of hydrogen-bond acceptors (Lipinski definition) is 17. The number of carbonyl (C=O) groups is 4. The molecule has 4 aromatic rings. The first-order valence-corrected chi connectivity index (χ1v) is 17.8. The Balaban J connectivity index is 1.38. The number of rotatable bonds is 16. The standard InChI is InChI=1S/C40H44O17/c1-18(41)6-33(48)53-19(2)7-23-11-26(42)16-31(46)36(23)39(51)56-22(5)10-34(49)54-20(3)8-24-12-27(43)15-30(45)35(24)38(50)55-21(4)9-29-14-25-13-28(44)17-32(47)37(25)40(52)57-29/h11-22,41-47H,6-10H2,1-5H3. The minimum Gasteiger partial charge on any atom is -0.508 e. The van der Waals surface area contributed by atoms with Gasteiger partial charge in [0.15, 0.2) is 0 Å². The first kappa shape index (κ1) is 43.2. The summed E-state index contributed by atoms with van der Waals surface area (Å²) in [6, 6.07) is 7.82. The van der Waals surface area contributed by atoms with Crippen LogP contribution in [0, 0.1) is 0 Å². The summed E-state index contributed by atoms with van der Waals surface area (Å²) in [5.74, 6) is -6.33. The highest BCUT2D eigenvalue weighted by atomic mass is 16.6. The van der Waals surface area contributed by atoms with Gasteiger partial charge in [-0.2, -0.15) is 0 Å². The van der Waals surface area contributed by atoms with Crippen LogP contribution in [0.4, 0.5) is 0 Å². The molecule has 7 N–H and O–H groups in total. The molecule has 4 rings (SSSR count). The minimum atomic E-state index is -1.10. The monoisotopic (exact) mass is 796 g/mol. The average Bonchev–Trinajstić information content (AvgIpc) is 3.02. The van der Waals surface area contributed by atoms with Crippen molar-refractivity contribution in [3.8, 4) is 34.5 Å². The van der Waals surface area contributed by atoms with E-state index in [1.165, 1.54) is 58.9 Å². The third kappa shape index (κ3) is 11.8. The van der Waals surface area contributed by atoms with Gasteiger partial charge < -0.3 is 59.1 Å². The summed E-state index contributed by atoms with van der Waals surface area (Å²) in [5, 5.41) is 70.6. The van der Waals surface area contributed by atoms with Crippen molar-refractivity contribution >= 4 is 34.6 Å². The smallest absolute Gasteiger partial charge is 0.347 e. The van der Waals surface area contributed by atoms with E-state index in [2.05, 4.69) is 0 Å². The third-order valence-electron chi connectivity index (χ3n) is 8.35. The van der Waals surface area contributed by atoms with Gasteiger partial charge in [0.2, 0.25) is 0 Å². The van der Waals surface area contributed by atoms with Crippen molar-refractivity contribution < 1.29 is 78.3 Å². The number of phenols is 6. The molecule has 57 heavy (non-hydrogen) atoms. The molecule has 17 heteroatoms. The number of esters is 4. The van der Waals surface area contributed by atoms with Crippen LogP contribution in [-0.4, -0.2) is 90.1 Å². The molecule has 0 bridgehead atoms. The van der Waals surface area contributed by atoms with Crippen molar-refractivity contribution in [2.75, 3.05) is 0 Å². The highest BCUT2D eigenvalue weighted by molar-refractivity contribution is 5.95. The zero-order chi connectivity index (χ0) is 42.3. The number of phenolic OH excluding ortho intramolecular Hbond substituents is 6. The zero-order valence-electron chi connectivity index (χ0n) is 31.7. The Hall–Kier alpha value is -6.49. The van der Waals surface area contributed by atoms with E-state index < -0.39 is 89.4 Å². The number of aromatic hydroxyl groups is 6. The fourth-order valence-electron chi connectivity index (χ4n) is 6.15. The maximum absolute atomic E-state index is 13.3. The van der Waals surface area contributed by atoms with E-state index in [1.807, 2.05) is 0 Å². The van der Waals surface area contributed by atoms with Gasteiger partial charge in [-0.3, -0.25) is 9.59 Å². The molecule has 17 nitrogen and oxygen atoms in total. The van der Waals surface area contributed by atoms with Crippen LogP contribution in [0.5, 0.6) is 34.5 Å². The lowest BCUT2D eigenvalue weighted by Crippen LogP contribution is -2.25. The van der Waals surface area contributed by atoms with Gasteiger partial charge in [-0.25, -0.2) is 14.4 Å². The second-order valence-electron chi connectivity index (χ2n) is 13.8. The maximum Gasteiger partial charge on any atom is 0.347 e. The normalized spacial score (nSPS) is 13.9. The highest BCUT2D eigenvalue weighted by Crippen LogP contribution is 2.32. The van der Waals surface area contributed by atoms with E-state index in [-0.39, 0.29) is 76.0 Å². The van der Waals surface area contributed by atoms with Crippen LogP contribution >= 0.6 is 0 Å². The molecule has 1 heterocycles. The number of aliphatic hydroxyl groups is 1. The molecular weight excluding hydrogens is 752 g/mol. The van der Waals surface area contributed by atoms with Crippen molar-refractivity contribution in [1.29, 1.82) is 0 Å². The Labute approximate surface area is 325 Å². The topological polar surface area (TPSA) is 277 Å². The van der Waals surface area contributed by atoms with Crippen LogP contribution in [-0.2, 0) is 47.8 Å². The van der Waals surface area contributed by atoms with E-state index in [1.54, 1.807) is 0 Å². The number of hydrogen-bond donors (Lipinski definition) is 7. The van der Waals surface area contributed by atoms with E-state index in [9.17, 15) is 59.7 Å². The third-order valence-corrected chi connectivity index (χ3v) is 8.35. The SMILES string of the molecule is CC(O)CC(=O)OC(C)Cc1cc(O)cc(O)c1C(=O)OC(C)CC(=O)OC(C)Cc1cc(O)cc(O)c1C(=O)OC(C)Cc1cc2cc(O)cc(O)c2c(=O)o1. The lowest BCUT2D eigenvalue weighted by Gasteiger charge is -2.20. The quantitative estimate of drug-likeness (QED) is 0.0619. The minimum absolute atomic E-state index is 0.0498. The van der Waals surface area contributed by atoms with Crippen LogP contribution in [0.2, 0.25) is 0 Å². The summed E-state index contributed by atoms with van der Waals surface area (Å²) in [6.07, 6.45) is -5.93. The number of benzene rings is 3. The van der Waals surface area contributed by atoms with E-state index in [4.69, 9.17) is 23.4 Å². The summed E-state index contributed by atoms with van der Waals surface area (Å²) < 4.78 is 26.8. The molecule has 0 aliphatic carbocycles. The van der Waals surface area contributed by atoms with E-state index in [0.29, 0.717) is 0 Å². The van der Waals surface area contributed by atoms with Crippen molar-refractivity contribution in [1.82, 2.24) is 0 Å². The average molecular weight is 797 g/mol. The number of ether oxygens (including phenoxy) is 4. The van der Waals surface area contributed by atoms with Crippen molar-refractivity contribution in [3.63, 3.8) is 0 Å². The van der Waals surface area contributed by atoms with Crippen LogP contribution in [0.15, 0.2) is 51.7 Å². The lowest BCUT2D eigenvalue weighted by molar-refractivity contribution is -0.151. The molecule has 306 valence electrons. The van der Waals surface area contributed by atoms with Gasteiger partial charge in [0.1, 0.15) is 81.2 Å². The Morgan fingerprint density at radius 2 is 1.00 bits per heavy atom. The fraction of sp³-hybridized carbons (Fsp3) is 0.375. The van der Waals surface area contributed by atoms with Gasteiger partial charge in [-0.15, -0.1) is 0 Å². The second-order valence-corrected chi connectivity index (χ2v) is 13.8. The van der Waals surface area contributed by atoms with Gasteiger partial charge in [0.05, 0.1) is 18.9 Å². The predicted molar refractivity (Wildman–Crippen MR) is 198 cm³/mol. The Bertz CT molecular complexity index is 2200. The molecule has 0 saturated heterocycles. The molecule has 0 fully saturated rings. The van der Waals surface area contributed by atoms with Gasteiger partial charge in [0, 0.05) is 37.5 Å². The van der Waals surface area contributed by atoms with Gasteiger partial charge >= 0.3 is 29.5 Å². The molecule has 0 radical (unpaired) electrons. The van der Waals surface area contributed by atoms with Gasteiger partial charge in [-0.05, 0) is 75.4 Å². The summed E-state index contributed by atoms with van der Waals surface area (Å²) in [5.41, 5.74) is -1.42. The molecule has 5 unspecified atom stereocenters. The lowest BCUT2D eigenvalue weighted by atomic mass is 10.00. The Kier molecular flexibility index (Phi) is 14.0. The highest BCUT2D eigenvalue weighted by Gasteiger charge is 2.27. The van der Waals surface area contributed by atoms with Crippen molar-refractivity contribution in [3.05, 3.63) is 80.9 Å². The summed E-state index contributed by atoms with van der Waals surface area (Å²) in [4.78, 5) is 63.8. The van der Waals surface area contributed by atoms with Crippen molar-refractivity contribution in [2.45, 2.75) is 97.2 Å². The number of carbonyl (C=O) groups excluding carboxylic acids is 4. The first-order valence-electron chi connectivity index (χ1n) is 17.8. The van der Waals surface area contributed by atoms with Gasteiger partial charge in [-0.1, -0.05) is 0 Å². The second kappa shape index (κ2) is 18.4. The van der Waals surface area contributed by atoms with Crippen molar-refractivity contribution in [2.24, 2.45) is 0 Å². The molecule has 0 saturated carbocycles. The molecule has 0 aliphatic rings. The van der Waals surface area contributed by atoms with Crippen LogP contribution in [0.25, 0.3) is 10.8 Å². The molecule has 0 aliphatic heterocycles. The zero-order valence-corrected chi connectivity index (χ0v) is 31.7. The molecule has 3 aromatic carbocycles. The summed E-state index contributed by atoms with van der Waals surface area (Å²) >= 11 is 0. The number of aliphatic hydroxyl groups excluding tert-OH is 1. The van der Waals surface area contributed by atoms with Crippen LogP contribution < -0.4 is 5.63 Å². The fourth-order valence-corrected chi connectivity index (χ4v) is 6.15. The van der Waals surface area contributed by atoms with E-state index >= 15 is 0 Å². The number of fused-ring (bicyclic) bond motifs is 1. The molecule has 0 spiro atoms. The molecular formula is C40H44O17. The maximum atomic E-state index is 13.3. The Morgan fingerprint density at radius 3 is 1.51 bits per heavy atom. The first-order chi connectivity index (χ1) is 26.7. The molecule has 0 amide bonds. The summed E-state index contributed by atoms with van der Waals surface area (Å²) in [7, 11) is 0. The van der Waals surface area contributed by atoms with E-state index in [0.717, 1.165) is 18.2 Å². The largest absolute Gasteiger partial charge is 0.508 e. The van der Waals surface area contributed by atoms with Gasteiger partial charge in [0.25, 0.3) is 0 Å². The predicted octanol–water partition coefficient (Wildman–Crippen LogP) is 4.17. The molecule has 1 aromatic heterocycles. The van der Waals surface area contributed by atoms with Crippen LogP contribution in [0.1, 0.15) is 85.1 Å². The molecule has 5 atom stereocenters. The summed E-state index contributed by atoms with van der Waals surface area (Å²) in [6.45, 7) is 7.27. The van der Waals surface area contributed by atoms with Crippen LogP contribution in [0.3, 0.4) is 0 Å². The Morgan fingerprint density at radius 1 is 0.561 bits per heavy atom.